The quantitative estimate of drug-likeness (QED) is 0.876. The van der Waals surface area contributed by atoms with E-state index in [2.05, 4.69) is 14.9 Å². The Kier molecular flexibility index (Phi) is 3.56. The van der Waals surface area contributed by atoms with Gasteiger partial charge in [0.2, 0.25) is 5.95 Å². The van der Waals surface area contributed by atoms with E-state index in [9.17, 15) is 4.79 Å². The van der Waals surface area contributed by atoms with Crippen molar-refractivity contribution < 1.29 is 4.79 Å². The van der Waals surface area contributed by atoms with E-state index >= 15 is 0 Å². The molecule has 1 aromatic heterocycles. The Morgan fingerprint density at radius 1 is 1.19 bits per heavy atom. The predicted molar refractivity (Wildman–Crippen MR) is 83.3 cm³/mol. The maximum absolute atomic E-state index is 11.5. The first-order chi connectivity index (χ1) is 10.1. The van der Waals surface area contributed by atoms with Gasteiger partial charge in [0.25, 0.3) is 0 Å². The van der Waals surface area contributed by atoms with E-state index < -0.39 is 0 Å². The van der Waals surface area contributed by atoms with Gasteiger partial charge < -0.3 is 10.6 Å². The molecule has 0 spiro atoms. The highest BCUT2D eigenvalue weighted by atomic mass is 16.1. The fourth-order valence-electron chi connectivity index (χ4n) is 2.61. The molecule has 5 heteroatoms. The van der Waals surface area contributed by atoms with Crippen LogP contribution in [0.5, 0.6) is 0 Å². The molecule has 5 nitrogen and oxygen atoms in total. The van der Waals surface area contributed by atoms with Crippen LogP contribution in [0.3, 0.4) is 0 Å². The normalized spacial score (nSPS) is 14.4. The third-order valence-electron chi connectivity index (χ3n) is 3.72. The number of rotatable bonds is 3. The Hall–Kier alpha value is -2.43. The van der Waals surface area contributed by atoms with Crippen molar-refractivity contribution in [2.75, 3.05) is 23.7 Å². The van der Waals surface area contributed by atoms with E-state index in [1.807, 2.05) is 24.3 Å². The van der Waals surface area contributed by atoms with Crippen molar-refractivity contribution in [2.24, 2.45) is 0 Å². The molecule has 1 aliphatic rings. The number of hydrogen-bond donors (Lipinski definition) is 1. The standard InChI is InChI=1S/C16H18N4O/c1-11(21)12-5-4-6-13(9-12)14-10-15(19-16(17)18-14)20-7-2-3-8-20/h4-6,9-10H,2-3,7-8H2,1H3,(H2,17,18,19). The second kappa shape index (κ2) is 5.52. The molecule has 0 aliphatic carbocycles. The van der Waals surface area contributed by atoms with Gasteiger partial charge in [-0.2, -0.15) is 4.98 Å². The molecule has 2 aromatic rings. The molecule has 21 heavy (non-hydrogen) atoms. The topological polar surface area (TPSA) is 72.1 Å². The summed E-state index contributed by atoms with van der Waals surface area (Å²) in [6.45, 7) is 3.57. The van der Waals surface area contributed by atoms with Crippen LogP contribution in [0.15, 0.2) is 30.3 Å². The molecular formula is C16H18N4O. The van der Waals surface area contributed by atoms with E-state index in [1.165, 1.54) is 12.8 Å². The largest absolute Gasteiger partial charge is 0.368 e. The van der Waals surface area contributed by atoms with Crippen molar-refractivity contribution >= 4 is 17.5 Å². The Morgan fingerprint density at radius 3 is 2.67 bits per heavy atom. The molecule has 0 unspecified atom stereocenters. The lowest BCUT2D eigenvalue weighted by atomic mass is 10.1. The van der Waals surface area contributed by atoms with Crippen LogP contribution in [0, 0.1) is 0 Å². The second-order valence-electron chi connectivity index (χ2n) is 5.30. The van der Waals surface area contributed by atoms with Gasteiger partial charge in [-0.3, -0.25) is 4.79 Å². The average molecular weight is 282 g/mol. The van der Waals surface area contributed by atoms with Gasteiger partial charge in [0.15, 0.2) is 5.78 Å². The van der Waals surface area contributed by atoms with Crippen LogP contribution in [0.25, 0.3) is 11.3 Å². The summed E-state index contributed by atoms with van der Waals surface area (Å²) in [7, 11) is 0. The zero-order chi connectivity index (χ0) is 14.8. The van der Waals surface area contributed by atoms with Gasteiger partial charge in [0, 0.05) is 30.3 Å². The van der Waals surface area contributed by atoms with E-state index in [4.69, 9.17) is 5.73 Å². The number of nitrogens with zero attached hydrogens (tertiary/aromatic N) is 3. The number of carbonyl (C=O) groups excluding carboxylic acids is 1. The van der Waals surface area contributed by atoms with E-state index in [1.54, 1.807) is 13.0 Å². The first kappa shape index (κ1) is 13.5. The van der Waals surface area contributed by atoms with Crippen molar-refractivity contribution in [3.63, 3.8) is 0 Å². The van der Waals surface area contributed by atoms with Crippen LogP contribution in [0.4, 0.5) is 11.8 Å². The lowest BCUT2D eigenvalue weighted by molar-refractivity contribution is 0.101. The Bertz CT molecular complexity index is 678. The van der Waals surface area contributed by atoms with Crippen LogP contribution >= 0.6 is 0 Å². The van der Waals surface area contributed by atoms with Gasteiger partial charge in [-0.25, -0.2) is 4.98 Å². The van der Waals surface area contributed by atoms with Crippen LogP contribution in [0.2, 0.25) is 0 Å². The number of aromatic nitrogens is 2. The van der Waals surface area contributed by atoms with E-state index in [0.29, 0.717) is 5.56 Å². The van der Waals surface area contributed by atoms with Gasteiger partial charge in [0.1, 0.15) is 5.82 Å². The molecule has 3 rings (SSSR count). The Morgan fingerprint density at radius 2 is 1.95 bits per heavy atom. The molecule has 1 saturated heterocycles. The maximum Gasteiger partial charge on any atom is 0.222 e. The van der Waals surface area contributed by atoms with Gasteiger partial charge in [-0.05, 0) is 25.8 Å². The van der Waals surface area contributed by atoms with Crippen molar-refractivity contribution in [3.8, 4) is 11.3 Å². The number of benzene rings is 1. The number of anilines is 2. The minimum absolute atomic E-state index is 0.0404. The number of nitrogens with two attached hydrogens (primary N) is 1. The van der Waals surface area contributed by atoms with Crippen LogP contribution < -0.4 is 10.6 Å². The third kappa shape index (κ3) is 2.86. The summed E-state index contributed by atoms with van der Waals surface area (Å²) < 4.78 is 0. The van der Waals surface area contributed by atoms with Gasteiger partial charge in [-0.15, -0.1) is 0 Å². The molecule has 0 bridgehead atoms. The van der Waals surface area contributed by atoms with Crippen LogP contribution in [0.1, 0.15) is 30.1 Å². The zero-order valence-corrected chi connectivity index (χ0v) is 12.0. The highest BCUT2D eigenvalue weighted by molar-refractivity contribution is 5.95. The Labute approximate surface area is 123 Å². The highest BCUT2D eigenvalue weighted by Crippen LogP contribution is 2.25. The molecule has 108 valence electrons. The van der Waals surface area contributed by atoms with Crippen molar-refractivity contribution in [1.29, 1.82) is 0 Å². The summed E-state index contributed by atoms with van der Waals surface area (Å²) in [5.74, 6) is 1.17. The zero-order valence-electron chi connectivity index (χ0n) is 12.0. The summed E-state index contributed by atoms with van der Waals surface area (Å²) in [5, 5.41) is 0. The minimum Gasteiger partial charge on any atom is -0.368 e. The van der Waals surface area contributed by atoms with Crippen LogP contribution in [-0.4, -0.2) is 28.8 Å². The second-order valence-corrected chi connectivity index (χ2v) is 5.30. The highest BCUT2D eigenvalue weighted by Gasteiger charge is 2.16. The summed E-state index contributed by atoms with van der Waals surface area (Å²) >= 11 is 0. The number of carbonyl (C=O) groups is 1. The Balaban J connectivity index is 2.01. The van der Waals surface area contributed by atoms with Crippen molar-refractivity contribution in [1.82, 2.24) is 9.97 Å². The number of Topliss-reactive ketones (excluding diaryl/α,β-unsaturated/α-hetero) is 1. The van der Waals surface area contributed by atoms with Gasteiger partial charge in [-0.1, -0.05) is 18.2 Å². The monoisotopic (exact) mass is 282 g/mol. The number of hydrogen-bond acceptors (Lipinski definition) is 5. The molecule has 0 radical (unpaired) electrons. The molecule has 2 N–H and O–H groups in total. The SMILES string of the molecule is CC(=O)c1cccc(-c2cc(N3CCCC3)nc(N)n2)c1. The summed E-state index contributed by atoms with van der Waals surface area (Å²) in [5.41, 5.74) is 8.16. The van der Waals surface area contributed by atoms with Crippen molar-refractivity contribution in [2.45, 2.75) is 19.8 Å². The van der Waals surface area contributed by atoms with Crippen LogP contribution in [-0.2, 0) is 0 Å². The minimum atomic E-state index is 0.0404. The van der Waals surface area contributed by atoms with Gasteiger partial charge >= 0.3 is 0 Å². The molecule has 1 fully saturated rings. The summed E-state index contributed by atoms with van der Waals surface area (Å²) in [6.07, 6.45) is 2.36. The van der Waals surface area contributed by atoms with Gasteiger partial charge in [0.05, 0.1) is 5.69 Å². The number of ketones is 1. The fraction of sp³-hybridized carbons (Fsp3) is 0.312. The summed E-state index contributed by atoms with van der Waals surface area (Å²) in [4.78, 5) is 22.4. The number of nitrogen functional groups attached to an aromatic ring is 1. The molecule has 0 amide bonds. The predicted octanol–water partition coefficient (Wildman–Crippen LogP) is 2.53. The molecule has 1 aromatic carbocycles. The van der Waals surface area contributed by atoms with E-state index in [-0.39, 0.29) is 11.7 Å². The maximum atomic E-state index is 11.5. The van der Waals surface area contributed by atoms with E-state index in [0.717, 1.165) is 30.2 Å². The summed E-state index contributed by atoms with van der Waals surface area (Å²) in [6, 6.07) is 9.39. The molecule has 1 aliphatic heterocycles. The smallest absolute Gasteiger partial charge is 0.222 e. The fourth-order valence-corrected chi connectivity index (χ4v) is 2.61. The first-order valence-electron chi connectivity index (χ1n) is 7.14. The molecule has 2 heterocycles. The average Bonchev–Trinajstić information content (AvgIpc) is 3.01. The molecule has 0 atom stereocenters. The lowest BCUT2D eigenvalue weighted by Crippen LogP contribution is -2.19. The first-order valence-corrected chi connectivity index (χ1v) is 7.14. The third-order valence-corrected chi connectivity index (χ3v) is 3.72. The van der Waals surface area contributed by atoms with Crippen molar-refractivity contribution in [3.05, 3.63) is 35.9 Å². The lowest BCUT2D eigenvalue weighted by Gasteiger charge is -2.17. The molecular weight excluding hydrogens is 264 g/mol. The molecule has 0 saturated carbocycles.